The Hall–Kier alpha value is -2.76. The van der Waals surface area contributed by atoms with E-state index in [-0.39, 0.29) is 11.4 Å². The van der Waals surface area contributed by atoms with Crippen LogP contribution in [0.5, 0.6) is 0 Å². The van der Waals surface area contributed by atoms with Gasteiger partial charge in [-0.2, -0.15) is 0 Å². The lowest BCUT2D eigenvalue weighted by Crippen LogP contribution is -2.21. The van der Waals surface area contributed by atoms with Crippen molar-refractivity contribution in [3.05, 3.63) is 92.1 Å². The molecule has 3 nitrogen and oxygen atoms in total. The molecule has 0 fully saturated rings. The lowest BCUT2D eigenvalue weighted by atomic mass is 10.2. The van der Waals surface area contributed by atoms with Crippen molar-refractivity contribution in [1.29, 1.82) is 0 Å². The van der Waals surface area contributed by atoms with Gasteiger partial charge < -0.3 is 0 Å². The quantitative estimate of drug-likeness (QED) is 0.444. The van der Waals surface area contributed by atoms with Crippen molar-refractivity contribution in [3.63, 3.8) is 0 Å². The molecule has 0 atom stereocenters. The minimum Gasteiger partial charge on any atom is -0.267 e. The molecular formula is C21H14ClFN2OS. The lowest BCUT2D eigenvalue weighted by Gasteiger charge is -2.11. The maximum Gasteiger partial charge on any atom is 0.276 e. The monoisotopic (exact) mass is 396 g/mol. The summed E-state index contributed by atoms with van der Waals surface area (Å²) in [5, 5.41) is 0.439. The Bertz CT molecular complexity index is 1240. The van der Waals surface area contributed by atoms with Crippen molar-refractivity contribution >= 4 is 45.3 Å². The molecule has 2 heterocycles. The number of aryl methyl sites for hydroxylation is 1. The first kappa shape index (κ1) is 17.6. The third-order valence-electron chi connectivity index (χ3n) is 4.11. The van der Waals surface area contributed by atoms with Crippen LogP contribution in [0.3, 0.4) is 0 Å². The van der Waals surface area contributed by atoms with E-state index in [0.717, 1.165) is 4.88 Å². The molecule has 0 aliphatic heterocycles. The molecule has 0 N–H and O–H groups in total. The molecule has 0 saturated carbocycles. The van der Waals surface area contributed by atoms with Gasteiger partial charge in [0.15, 0.2) is 0 Å². The molecule has 0 saturated heterocycles. The summed E-state index contributed by atoms with van der Waals surface area (Å²) < 4.78 is 16.0. The Morgan fingerprint density at radius 2 is 1.85 bits per heavy atom. The van der Waals surface area contributed by atoms with Crippen molar-refractivity contribution in [1.82, 2.24) is 9.55 Å². The van der Waals surface area contributed by atoms with E-state index in [4.69, 9.17) is 11.6 Å². The molecule has 0 amide bonds. The Labute approximate surface area is 164 Å². The Morgan fingerprint density at radius 1 is 1.11 bits per heavy atom. The molecule has 2 aromatic heterocycles. The highest BCUT2D eigenvalue weighted by molar-refractivity contribution is 7.18. The van der Waals surface area contributed by atoms with Gasteiger partial charge in [0.1, 0.15) is 16.3 Å². The number of rotatable bonds is 3. The van der Waals surface area contributed by atoms with Crippen molar-refractivity contribution in [3.8, 4) is 5.69 Å². The third-order valence-corrected chi connectivity index (χ3v) is 5.45. The van der Waals surface area contributed by atoms with Gasteiger partial charge in [0, 0.05) is 10.4 Å². The summed E-state index contributed by atoms with van der Waals surface area (Å²) >= 11 is 7.73. The fourth-order valence-electron chi connectivity index (χ4n) is 2.87. The molecule has 0 aliphatic rings. The minimum absolute atomic E-state index is 0.195. The fraction of sp³-hybridized carbons (Fsp3) is 0.0476. The van der Waals surface area contributed by atoms with Gasteiger partial charge >= 0.3 is 0 Å². The molecule has 0 bridgehead atoms. The van der Waals surface area contributed by atoms with E-state index in [1.54, 1.807) is 48.6 Å². The van der Waals surface area contributed by atoms with Crippen molar-refractivity contribution < 1.29 is 4.39 Å². The van der Waals surface area contributed by atoms with Gasteiger partial charge in [-0.15, -0.1) is 11.3 Å². The number of hydrogen-bond donors (Lipinski definition) is 0. The van der Waals surface area contributed by atoms with Crippen LogP contribution in [0, 0.1) is 12.7 Å². The van der Waals surface area contributed by atoms with Crippen LogP contribution in [0.15, 0.2) is 59.4 Å². The molecule has 0 aliphatic carbocycles. The van der Waals surface area contributed by atoms with Gasteiger partial charge in [-0.3, -0.25) is 9.36 Å². The number of halogens is 2. The Kier molecular flexibility index (Phi) is 4.64. The smallest absolute Gasteiger partial charge is 0.267 e. The van der Waals surface area contributed by atoms with Gasteiger partial charge in [0.25, 0.3) is 5.56 Å². The van der Waals surface area contributed by atoms with Gasteiger partial charge in [-0.25, -0.2) is 9.37 Å². The van der Waals surface area contributed by atoms with Gasteiger partial charge in [0.05, 0.1) is 16.2 Å². The highest BCUT2D eigenvalue weighted by Crippen LogP contribution is 2.25. The summed E-state index contributed by atoms with van der Waals surface area (Å²) in [5.74, 6) is 0.0505. The first-order valence-electron chi connectivity index (χ1n) is 8.25. The van der Waals surface area contributed by atoms with E-state index in [9.17, 15) is 9.18 Å². The number of para-hydroxylation sites is 1. The zero-order valence-electron chi connectivity index (χ0n) is 14.3. The predicted molar refractivity (Wildman–Crippen MR) is 110 cm³/mol. The summed E-state index contributed by atoms with van der Waals surface area (Å²) in [5.41, 5.74) is 1.38. The maximum atomic E-state index is 14.0. The number of nitrogens with zero attached hydrogens (tertiary/aromatic N) is 2. The number of hydrogen-bond acceptors (Lipinski definition) is 3. The van der Waals surface area contributed by atoms with Crippen LogP contribution in [0.1, 0.15) is 16.3 Å². The molecule has 4 rings (SSSR count). The molecule has 27 heavy (non-hydrogen) atoms. The molecule has 6 heteroatoms. The maximum absolute atomic E-state index is 14.0. The second-order valence-corrected chi connectivity index (χ2v) is 7.65. The van der Waals surface area contributed by atoms with E-state index in [2.05, 4.69) is 4.98 Å². The number of fused-ring (bicyclic) bond motifs is 1. The predicted octanol–water partition coefficient (Wildman–Crippen LogP) is 5.72. The summed E-state index contributed by atoms with van der Waals surface area (Å²) in [6.07, 6.45) is 3.24. The van der Waals surface area contributed by atoms with E-state index >= 15 is 0 Å². The third kappa shape index (κ3) is 3.31. The first-order chi connectivity index (χ1) is 13.0. The van der Waals surface area contributed by atoms with Crippen molar-refractivity contribution in [2.45, 2.75) is 6.92 Å². The zero-order valence-corrected chi connectivity index (χ0v) is 15.9. The van der Waals surface area contributed by atoms with Crippen LogP contribution in [-0.4, -0.2) is 9.55 Å². The largest absolute Gasteiger partial charge is 0.276 e. The standard InChI is InChI=1S/C21H14ClFN2OS/c1-13-12-17-20(27-13)21(26)25(18-9-5-3-7-15(18)22)19(24-17)11-10-14-6-2-4-8-16(14)23/h2-12H,1H3. The number of thiophene rings is 1. The molecule has 134 valence electrons. The van der Waals surface area contributed by atoms with Gasteiger partial charge in [0.2, 0.25) is 0 Å². The zero-order chi connectivity index (χ0) is 19.0. The topological polar surface area (TPSA) is 34.9 Å². The highest BCUT2D eigenvalue weighted by Gasteiger charge is 2.15. The molecule has 0 radical (unpaired) electrons. The van der Waals surface area contributed by atoms with Crippen LogP contribution < -0.4 is 5.56 Å². The fourth-order valence-corrected chi connectivity index (χ4v) is 3.97. The summed E-state index contributed by atoms with van der Waals surface area (Å²) in [6.45, 7) is 1.93. The van der Waals surface area contributed by atoms with Crippen molar-refractivity contribution in [2.75, 3.05) is 0 Å². The van der Waals surface area contributed by atoms with Gasteiger partial charge in [-0.05, 0) is 43.3 Å². The van der Waals surface area contributed by atoms with Crippen LogP contribution in [0.4, 0.5) is 4.39 Å². The molecule has 0 spiro atoms. The average Bonchev–Trinajstić information content (AvgIpc) is 3.03. The normalized spacial score (nSPS) is 11.5. The van der Waals surface area contributed by atoms with Gasteiger partial charge in [-0.1, -0.05) is 41.9 Å². The average molecular weight is 397 g/mol. The van der Waals surface area contributed by atoms with Crippen molar-refractivity contribution in [2.24, 2.45) is 0 Å². The van der Waals surface area contributed by atoms with Crippen LogP contribution in [0.25, 0.3) is 28.1 Å². The first-order valence-corrected chi connectivity index (χ1v) is 9.45. The summed E-state index contributed by atoms with van der Waals surface area (Å²) in [4.78, 5) is 18.8. The van der Waals surface area contributed by atoms with E-state index in [0.29, 0.717) is 32.3 Å². The van der Waals surface area contributed by atoms with E-state index < -0.39 is 0 Å². The Morgan fingerprint density at radius 3 is 2.63 bits per heavy atom. The molecule has 4 aromatic rings. The highest BCUT2D eigenvalue weighted by atomic mass is 35.5. The van der Waals surface area contributed by atoms with E-state index in [1.165, 1.54) is 22.0 Å². The molecule has 2 aromatic carbocycles. The van der Waals surface area contributed by atoms with E-state index in [1.807, 2.05) is 19.1 Å². The SMILES string of the molecule is Cc1cc2nc(C=Cc3ccccc3F)n(-c3ccccc3Cl)c(=O)c2s1. The van der Waals surface area contributed by atoms with Crippen LogP contribution in [0.2, 0.25) is 5.02 Å². The number of benzene rings is 2. The number of aromatic nitrogens is 2. The minimum atomic E-state index is -0.340. The summed E-state index contributed by atoms with van der Waals surface area (Å²) in [6, 6.07) is 15.4. The molecule has 0 unspecified atom stereocenters. The second-order valence-electron chi connectivity index (χ2n) is 5.99. The molecular weight excluding hydrogens is 383 g/mol. The summed E-state index contributed by atoms with van der Waals surface area (Å²) in [7, 11) is 0. The lowest BCUT2D eigenvalue weighted by molar-refractivity contribution is 0.625. The Balaban J connectivity index is 1.98. The van der Waals surface area contributed by atoms with Crippen LogP contribution >= 0.6 is 22.9 Å². The van der Waals surface area contributed by atoms with Crippen LogP contribution in [-0.2, 0) is 0 Å². The second kappa shape index (κ2) is 7.10.